The Morgan fingerprint density at radius 3 is 2.58 bits per heavy atom. The third-order valence-electron chi connectivity index (χ3n) is 2.61. The van der Waals surface area contributed by atoms with Crippen molar-refractivity contribution in [2.45, 2.75) is 38.9 Å². The molecule has 0 aliphatic carbocycles. The van der Waals surface area contributed by atoms with Crippen LogP contribution in [0.2, 0.25) is 0 Å². The second-order valence-electron chi connectivity index (χ2n) is 4.77. The average Bonchev–Trinajstić information content (AvgIpc) is 2.27. The Bertz CT molecular complexity index is 427. The molecule has 5 heteroatoms. The Balaban J connectivity index is 2.55. The maximum Gasteiger partial charge on any atom is 0.416 e. The molecule has 0 atom stereocenters. The summed E-state index contributed by atoms with van der Waals surface area (Å²) in [5.74, 6) is -0.0625. The average molecular weight is 273 g/mol. The summed E-state index contributed by atoms with van der Waals surface area (Å²) in [7, 11) is 0. The van der Waals surface area contributed by atoms with Crippen LogP contribution in [-0.4, -0.2) is 18.4 Å². The molecule has 1 aromatic rings. The number of alkyl halides is 3. The van der Waals surface area contributed by atoms with Gasteiger partial charge in [-0.25, -0.2) is 0 Å². The third-order valence-corrected chi connectivity index (χ3v) is 2.61. The summed E-state index contributed by atoms with van der Waals surface area (Å²) in [6, 6.07) is 5.21. The van der Waals surface area contributed by atoms with E-state index < -0.39 is 11.7 Å². The molecule has 106 valence electrons. The standard InChI is InChI=1S/C14H18F3NO/c1-10(2)18-7-6-13(19)9-11-4-3-5-12(8-11)14(15,16)17/h3-5,8,10,18H,6-7,9H2,1-2H3. The van der Waals surface area contributed by atoms with Crippen LogP contribution in [0.3, 0.4) is 0 Å². The van der Waals surface area contributed by atoms with Crippen LogP contribution in [0, 0.1) is 0 Å². The SMILES string of the molecule is CC(C)NCCC(=O)Cc1cccc(C(F)(F)F)c1. The molecule has 0 heterocycles. The predicted molar refractivity (Wildman–Crippen MR) is 67.9 cm³/mol. The lowest BCUT2D eigenvalue weighted by molar-refractivity contribution is -0.137. The summed E-state index contributed by atoms with van der Waals surface area (Å²) in [5, 5.41) is 3.10. The third kappa shape index (κ3) is 5.87. The first kappa shape index (κ1) is 15.7. The summed E-state index contributed by atoms with van der Waals surface area (Å²) in [6.45, 7) is 4.49. The lowest BCUT2D eigenvalue weighted by Gasteiger charge is -2.09. The number of benzene rings is 1. The molecule has 0 aliphatic rings. The lowest BCUT2D eigenvalue weighted by atomic mass is 10.0. The van der Waals surface area contributed by atoms with Gasteiger partial charge >= 0.3 is 6.18 Å². The van der Waals surface area contributed by atoms with Crippen molar-refractivity contribution in [2.75, 3.05) is 6.54 Å². The molecule has 0 amide bonds. The fourth-order valence-electron chi connectivity index (χ4n) is 1.67. The zero-order valence-corrected chi connectivity index (χ0v) is 11.1. The number of rotatable bonds is 6. The van der Waals surface area contributed by atoms with E-state index >= 15 is 0 Å². The van der Waals surface area contributed by atoms with Crippen LogP contribution < -0.4 is 5.32 Å². The van der Waals surface area contributed by atoms with E-state index in [0.717, 1.165) is 12.1 Å². The molecule has 1 aromatic carbocycles. The van der Waals surface area contributed by atoms with Gasteiger partial charge in [-0.15, -0.1) is 0 Å². The van der Waals surface area contributed by atoms with Crippen molar-refractivity contribution in [3.8, 4) is 0 Å². The topological polar surface area (TPSA) is 29.1 Å². The minimum absolute atomic E-state index is 0.0453. The van der Waals surface area contributed by atoms with E-state index in [4.69, 9.17) is 0 Å². The highest BCUT2D eigenvalue weighted by Gasteiger charge is 2.30. The molecule has 1 rings (SSSR count). The predicted octanol–water partition coefficient (Wildman–Crippen LogP) is 3.21. The first-order valence-corrected chi connectivity index (χ1v) is 6.20. The van der Waals surface area contributed by atoms with Crippen LogP contribution in [0.5, 0.6) is 0 Å². The number of hydrogen-bond donors (Lipinski definition) is 1. The molecule has 19 heavy (non-hydrogen) atoms. The molecule has 0 aromatic heterocycles. The number of Topliss-reactive ketones (excluding diaryl/α,β-unsaturated/α-hetero) is 1. The highest BCUT2D eigenvalue weighted by molar-refractivity contribution is 5.81. The van der Waals surface area contributed by atoms with Crippen LogP contribution in [0.4, 0.5) is 13.2 Å². The monoisotopic (exact) mass is 273 g/mol. The number of carbonyl (C=O) groups excluding carboxylic acids is 1. The summed E-state index contributed by atoms with van der Waals surface area (Å²) in [6.07, 6.45) is -3.99. The molecule has 0 saturated carbocycles. The Kier molecular flexibility index (Phi) is 5.54. The normalized spacial score (nSPS) is 11.9. The highest BCUT2D eigenvalue weighted by Crippen LogP contribution is 2.29. The summed E-state index contributed by atoms with van der Waals surface area (Å²) < 4.78 is 37.5. The highest BCUT2D eigenvalue weighted by atomic mass is 19.4. The molecule has 0 radical (unpaired) electrons. The number of halogens is 3. The van der Waals surface area contributed by atoms with Crippen LogP contribution >= 0.6 is 0 Å². The zero-order chi connectivity index (χ0) is 14.5. The van der Waals surface area contributed by atoms with Crippen molar-refractivity contribution in [1.82, 2.24) is 5.32 Å². The van der Waals surface area contributed by atoms with E-state index in [1.54, 1.807) is 6.07 Å². The maximum atomic E-state index is 12.5. The Morgan fingerprint density at radius 2 is 2.00 bits per heavy atom. The molecule has 0 spiro atoms. The van der Waals surface area contributed by atoms with Crippen molar-refractivity contribution in [2.24, 2.45) is 0 Å². The maximum absolute atomic E-state index is 12.5. The van der Waals surface area contributed by atoms with Gasteiger partial charge in [0.2, 0.25) is 0 Å². The minimum Gasteiger partial charge on any atom is -0.314 e. The van der Waals surface area contributed by atoms with Gasteiger partial charge in [-0.1, -0.05) is 32.0 Å². The first-order valence-electron chi connectivity index (χ1n) is 6.20. The Labute approximate surface area is 111 Å². The van der Waals surface area contributed by atoms with Crippen LogP contribution in [0.1, 0.15) is 31.4 Å². The summed E-state index contributed by atoms with van der Waals surface area (Å²) in [4.78, 5) is 11.6. The van der Waals surface area contributed by atoms with E-state index in [-0.39, 0.29) is 12.2 Å². The molecule has 0 aliphatic heterocycles. The van der Waals surface area contributed by atoms with Gasteiger partial charge in [0.25, 0.3) is 0 Å². The summed E-state index contributed by atoms with van der Waals surface area (Å²) >= 11 is 0. The Hall–Kier alpha value is -1.36. The second kappa shape index (κ2) is 6.70. The molecule has 0 bridgehead atoms. The molecule has 2 nitrogen and oxygen atoms in total. The van der Waals surface area contributed by atoms with Gasteiger partial charge in [-0.05, 0) is 11.6 Å². The number of ketones is 1. The van der Waals surface area contributed by atoms with Gasteiger partial charge < -0.3 is 5.32 Å². The van der Waals surface area contributed by atoms with Gasteiger partial charge in [0, 0.05) is 25.4 Å². The molecule has 0 unspecified atom stereocenters. The van der Waals surface area contributed by atoms with Gasteiger partial charge in [-0.3, -0.25) is 4.79 Å². The van der Waals surface area contributed by atoms with Gasteiger partial charge in [0.15, 0.2) is 0 Å². The van der Waals surface area contributed by atoms with E-state index in [1.165, 1.54) is 6.07 Å². The van der Waals surface area contributed by atoms with Crippen molar-refractivity contribution in [3.05, 3.63) is 35.4 Å². The fourth-order valence-corrected chi connectivity index (χ4v) is 1.67. The van der Waals surface area contributed by atoms with Crippen LogP contribution in [-0.2, 0) is 17.4 Å². The van der Waals surface area contributed by atoms with Crippen molar-refractivity contribution in [3.63, 3.8) is 0 Å². The molecular formula is C14H18F3NO. The van der Waals surface area contributed by atoms with Crippen LogP contribution in [0.15, 0.2) is 24.3 Å². The lowest BCUT2D eigenvalue weighted by Crippen LogP contribution is -2.25. The van der Waals surface area contributed by atoms with E-state index in [9.17, 15) is 18.0 Å². The summed E-state index contributed by atoms with van der Waals surface area (Å²) in [5.41, 5.74) is -0.303. The van der Waals surface area contributed by atoms with Gasteiger partial charge in [0.05, 0.1) is 5.56 Å². The molecule has 1 N–H and O–H groups in total. The van der Waals surface area contributed by atoms with Crippen LogP contribution in [0.25, 0.3) is 0 Å². The first-order chi connectivity index (χ1) is 8.79. The van der Waals surface area contributed by atoms with Crippen molar-refractivity contribution in [1.29, 1.82) is 0 Å². The van der Waals surface area contributed by atoms with E-state index in [0.29, 0.717) is 24.6 Å². The van der Waals surface area contributed by atoms with Gasteiger partial charge in [0.1, 0.15) is 5.78 Å². The van der Waals surface area contributed by atoms with E-state index in [2.05, 4.69) is 5.32 Å². The molecule has 0 saturated heterocycles. The zero-order valence-electron chi connectivity index (χ0n) is 11.1. The van der Waals surface area contributed by atoms with Gasteiger partial charge in [-0.2, -0.15) is 13.2 Å². The molecular weight excluding hydrogens is 255 g/mol. The Morgan fingerprint density at radius 1 is 1.32 bits per heavy atom. The smallest absolute Gasteiger partial charge is 0.314 e. The van der Waals surface area contributed by atoms with Crippen molar-refractivity contribution < 1.29 is 18.0 Å². The minimum atomic E-state index is -4.36. The number of hydrogen-bond acceptors (Lipinski definition) is 2. The van der Waals surface area contributed by atoms with E-state index in [1.807, 2.05) is 13.8 Å². The second-order valence-corrected chi connectivity index (χ2v) is 4.77. The largest absolute Gasteiger partial charge is 0.416 e. The fraction of sp³-hybridized carbons (Fsp3) is 0.500. The number of carbonyl (C=O) groups is 1. The molecule has 0 fully saturated rings. The van der Waals surface area contributed by atoms with Crippen molar-refractivity contribution >= 4 is 5.78 Å². The quantitative estimate of drug-likeness (QED) is 0.862. The number of nitrogens with one attached hydrogen (secondary N) is 1.